The van der Waals surface area contributed by atoms with E-state index in [0.717, 1.165) is 49.8 Å². The Morgan fingerprint density at radius 2 is 1.96 bits per heavy atom. The van der Waals surface area contributed by atoms with Gasteiger partial charge in [0.1, 0.15) is 5.69 Å². The number of rotatable bonds is 6. The first-order valence-corrected chi connectivity index (χ1v) is 9.13. The molecule has 1 aromatic rings. The largest absolute Gasteiger partial charge is 0.396 e. The molecule has 0 saturated heterocycles. The van der Waals surface area contributed by atoms with Crippen LogP contribution >= 0.6 is 0 Å². The van der Waals surface area contributed by atoms with Crippen LogP contribution in [0.4, 0.5) is 0 Å². The molecule has 134 valence electrons. The van der Waals surface area contributed by atoms with Crippen molar-refractivity contribution >= 4 is 11.7 Å². The Hall–Kier alpha value is -1.62. The van der Waals surface area contributed by atoms with Crippen molar-refractivity contribution in [3.05, 3.63) is 22.5 Å². The molecule has 2 atom stereocenters. The van der Waals surface area contributed by atoms with Gasteiger partial charge in [-0.25, -0.2) is 0 Å². The zero-order valence-corrected chi connectivity index (χ0v) is 15.1. The Balaban J connectivity index is 2.25. The molecule has 0 spiro atoms. The summed E-state index contributed by atoms with van der Waals surface area (Å²) >= 11 is 0. The van der Waals surface area contributed by atoms with Crippen molar-refractivity contribution in [3.8, 4) is 0 Å². The summed E-state index contributed by atoms with van der Waals surface area (Å²) in [6.45, 7) is 5.54. The summed E-state index contributed by atoms with van der Waals surface area (Å²) < 4.78 is 0. The number of aromatic nitrogens is 1. The lowest BCUT2D eigenvalue weighted by molar-refractivity contribution is 0.0894. The van der Waals surface area contributed by atoms with Crippen LogP contribution in [0, 0.1) is 12.8 Å². The van der Waals surface area contributed by atoms with Gasteiger partial charge in [-0.1, -0.05) is 32.6 Å². The third-order valence-electron chi connectivity index (χ3n) is 5.08. The van der Waals surface area contributed by atoms with Crippen LogP contribution in [-0.2, 0) is 6.42 Å². The van der Waals surface area contributed by atoms with Gasteiger partial charge in [0.2, 0.25) is 0 Å². The first-order chi connectivity index (χ1) is 11.5. The highest BCUT2D eigenvalue weighted by atomic mass is 16.3. The summed E-state index contributed by atoms with van der Waals surface area (Å²) in [7, 11) is 0. The highest BCUT2D eigenvalue weighted by molar-refractivity contribution is 6.02. The molecular weight excluding hydrogens is 304 g/mol. The summed E-state index contributed by atoms with van der Waals surface area (Å²) in [5.41, 5.74) is 2.76. The normalized spacial score (nSPS) is 21.3. The third kappa shape index (κ3) is 4.07. The average Bonchev–Trinajstić information content (AvgIpc) is 2.72. The van der Waals surface area contributed by atoms with Gasteiger partial charge >= 0.3 is 0 Å². The first-order valence-electron chi connectivity index (χ1n) is 9.13. The maximum Gasteiger partial charge on any atom is 0.268 e. The maximum absolute atomic E-state index is 12.8. The van der Waals surface area contributed by atoms with Crippen molar-refractivity contribution < 1.29 is 14.7 Å². The fraction of sp³-hybridized carbons (Fsp3) is 0.684. The number of aliphatic hydroxyl groups is 1. The van der Waals surface area contributed by atoms with Gasteiger partial charge in [-0.05, 0) is 38.7 Å². The quantitative estimate of drug-likeness (QED) is 0.552. The zero-order valence-electron chi connectivity index (χ0n) is 15.1. The van der Waals surface area contributed by atoms with E-state index in [1.807, 2.05) is 13.8 Å². The molecule has 1 aromatic heterocycles. The maximum atomic E-state index is 12.8. The number of H-pyrrole nitrogens is 1. The van der Waals surface area contributed by atoms with E-state index in [0.29, 0.717) is 17.7 Å². The topological polar surface area (TPSA) is 82.2 Å². The van der Waals surface area contributed by atoms with E-state index < -0.39 is 0 Å². The lowest BCUT2D eigenvalue weighted by atomic mass is 9.95. The molecule has 0 radical (unpaired) electrons. The molecule has 24 heavy (non-hydrogen) atoms. The van der Waals surface area contributed by atoms with Crippen molar-refractivity contribution in [2.45, 2.75) is 71.8 Å². The van der Waals surface area contributed by atoms with E-state index in [1.54, 1.807) is 6.92 Å². The number of aromatic amines is 1. The molecule has 3 N–H and O–H groups in total. The van der Waals surface area contributed by atoms with E-state index in [1.165, 1.54) is 0 Å². The predicted octanol–water partition coefficient (Wildman–Crippen LogP) is 3.15. The molecule has 5 nitrogen and oxygen atoms in total. The van der Waals surface area contributed by atoms with E-state index in [-0.39, 0.29) is 30.3 Å². The van der Waals surface area contributed by atoms with Crippen LogP contribution in [0.15, 0.2) is 0 Å². The second kappa shape index (κ2) is 8.47. The average molecular weight is 334 g/mol. The summed E-state index contributed by atoms with van der Waals surface area (Å²) in [6.07, 6.45) is 6.77. The minimum absolute atomic E-state index is 0.00357. The number of hydrogen-bond acceptors (Lipinski definition) is 3. The molecule has 1 amide bonds. The molecule has 2 unspecified atom stereocenters. The van der Waals surface area contributed by atoms with Crippen molar-refractivity contribution in [2.75, 3.05) is 6.61 Å². The Morgan fingerprint density at radius 1 is 1.25 bits per heavy atom. The molecule has 1 aliphatic rings. The van der Waals surface area contributed by atoms with Crippen LogP contribution in [-0.4, -0.2) is 34.4 Å². The van der Waals surface area contributed by atoms with Gasteiger partial charge < -0.3 is 15.4 Å². The summed E-state index contributed by atoms with van der Waals surface area (Å²) in [5, 5.41) is 12.7. The predicted molar refractivity (Wildman–Crippen MR) is 94.4 cm³/mol. The van der Waals surface area contributed by atoms with E-state index >= 15 is 0 Å². The van der Waals surface area contributed by atoms with Crippen LogP contribution in [0.1, 0.15) is 84.5 Å². The fourth-order valence-corrected chi connectivity index (χ4v) is 3.88. The Bertz CT molecular complexity index is 592. The van der Waals surface area contributed by atoms with Crippen molar-refractivity contribution in [1.29, 1.82) is 0 Å². The summed E-state index contributed by atoms with van der Waals surface area (Å²) in [5.74, 6) is -0.0391. The lowest BCUT2D eigenvalue weighted by Crippen LogP contribution is -2.41. The Morgan fingerprint density at radius 3 is 2.58 bits per heavy atom. The molecule has 0 aromatic carbocycles. The highest BCUT2D eigenvalue weighted by Crippen LogP contribution is 2.25. The van der Waals surface area contributed by atoms with Crippen molar-refractivity contribution in [3.63, 3.8) is 0 Å². The smallest absolute Gasteiger partial charge is 0.268 e. The van der Waals surface area contributed by atoms with Gasteiger partial charge in [-0.3, -0.25) is 9.59 Å². The Labute approximate surface area is 144 Å². The van der Waals surface area contributed by atoms with Crippen LogP contribution in [0.25, 0.3) is 0 Å². The second-order valence-corrected chi connectivity index (χ2v) is 6.95. The van der Waals surface area contributed by atoms with E-state index in [9.17, 15) is 14.7 Å². The number of aliphatic hydroxyl groups excluding tert-OH is 1. The minimum atomic E-state index is -0.153. The number of nitrogens with one attached hydrogen (secondary N) is 2. The van der Waals surface area contributed by atoms with Crippen molar-refractivity contribution in [2.24, 2.45) is 5.92 Å². The standard InChI is InChI=1S/C19H30N2O3/c1-4-8-15-17(13(3)23)12(2)20-18(15)19(24)21-16-10-7-5-6-9-14(16)11-22/h14,16,20,22H,4-11H2,1-3H3,(H,21,24). The lowest BCUT2D eigenvalue weighted by Gasteiger charge is -2.24. The van der Waals surface area contributed by atoms with E-state index in [2.05, 4.69) is 10.3 Å². The molecule has 1 saturated carbocycles. The van der Waals surface area contributed by atoms with Gasteiger partial charge in [0.15, 0.2) is 5.78 Å². The minimum Gasteiger partial charge on any atom is -0.396 e. The SMILES string of the molecule is CCCc1c(C(=O)NC2CCCCCC2CO)[nH]c(C)c1C(C)=O. The number of carbonyl (C=O) groups is 2. The van der Waals surface area contributed by atoms with Gasteiger partial charge in [0, 0.05) is 29.8 Å². The second-order valence-electron chi connectivity index (χ2n) is 6.95. The molecule has 0 aliphatic heterocycles. The zero-order chi connectivity index (χ0) is 17.7. The molecule has 2 rings (SSSR count). The molecule has 1 heterocycles. The van der Waals surface area contributed by atoms with Crippen LogP contribution in [0.3, 0.4) is 0 Å². The number of hydrogen-bond donors (Lipinski definition) is 3. The van der Waals surface area contributed by atoms with Gasteiger partial charge in [-0.15, -0.1) is 0 Å². The molecule has 1 aliphatic carbocycles. The number of carbonyl (C=O) groups excluding carboxylic acids is 2. The van der Waals surface area contributed by atoms with Crippen LogP contribution in [0.2, 0.25) is 0 Å². The van der Waals surface area contributed by atoms with E-state index in [4.69, 9.17) is 0 Å². The van der Waals surface area contributed by atoms with Crippen LogP contribution in [0.5, 0.6) is 0 Å². The van der Waals surface area contributed by atoms with Gasteiger partial charge in [0.25, 0.3) is 5.91 Å². The summed E-state index contributed by atoms with van der Waals surface area (Å²) in [6, 6.07) is 0.00357. The number of ketones is 1. The number of aryl methyl sites for hydroxylation is 1. The molecule has 0 bridgehead atoms. The highest BCUT2D eigenvalue weighted by Gasteiger charge is 2.28. The Kier molecular flexibility index (Phi) is 6.60. The van der Waals surface area contributed by atoms with Crippen molar-refractivity contribution in [1.82, 2.24) is 10.3 Å². The van der Waals surface area contributed by atoms with Crippen LogP contribution < -0.4 is 5.32 Å². The summed E-state index contributed by atoms with van der Waals surface area (Å²) in [4.78, 5) is 27.9. The fourth-order valence-electron chi connectivity index (χ4n) is 3.88. The monoisotopic (exact) mass is 334 g/mol. The first kappa shape index (κ1) is 18.7. The molecule has 5 heteroatoms. The number of amides is 1. The van der Waals surface area contributed by atoms with Gasteiger partial charge in [0.05, 0.1) is 0 Å². The number of Topliss-reactive ketones (excluding diaryl/α,β-unsaturated/α-hetero) is 1. The third-order valence-corrected chi connectivity index (χ3v) is 5.08. The van der Waals surface area contributed by atoms with Gasteiger partial charge in [-0.2, -0.15) is 0 Å². The molecular formula is C19H30N2O3. The molecule has 1 fully saturated rings.